The molecule has 2 aromatic carbocycles. The Balaban J connectivity index is 1.01. The number of thiophene rings is 6. The maximum atomic E-state index is 2.64. The highest BCUT2D eigenvalue weighted by atomic mass is 32.1. The number of benzene rings is 2. The van der Waals surface area contributed by atoms with Crippen molar-refractivity contribution in [1.29, 1.82) is 0 Å². The summed E-state index contributed by atoms with van der Waals surface area (Å²) in [6.45, 7) is 3.33. The van der Waals surface area contributed by atoms with Crippen LogP contribution < -0.4 is 0 Å². The van der Waals surface area contributed by atoms with Gasteiger partial charge in [0, 0.05) is 78.5 Å². The number of unbranched alkanes of at least 4 members (excludes halogenated alkanes) is 5. The molecule has 10 rings (SSSR count). The highest BCUT2D eigenvalue weighted by Gasteiger charge is 2.21. The second-order valence-corrected chi connectivity index (χ2v) is 20.5. The molecular formula is C47H40N2S6. The number of aryl methyl sites for hydroxylation is 2. The summed E-state index contributed by atoms with van der Waals surface area (Å²) < 4.78 is 5.11. The van der Waals surface area contributed by atoms with Gasteiger partial charge in [-0.3, -0.25) is 0 Å². The molecule has 0 bridgehead atoms. The number of fused-ring (bicyclic) bond motifs is 5. The van der Waals surface area contributed by atoms with E-state index in [4.69, 9.17) is 0 Å². The first-order valence-electron chi connectivity index (χ1n) is 19.2. The molecule has 0 radical (unpaired) electrons. The Morgan fingerprint density at radius 2 is 0.909 bits per heavy atom. The summed E-state index contributed by atoms with van der Waals surface area (Å²) >= 11 is 11.2. The maximum Gasteiger partial charge on any atom is 0.122 e. The van der Waals surface area contributed by atoms with E-state index in [0.29, 0.717) is 0 Å². The van der Waals surface area contributed by atoms with E-state index in [9.17, 15) is 0 Å². The number of hydrogen-bond donors (Lipinski definition) is 0. The van der Waals surface area contributed by atoms with Gasteiger partial charge in [-0.25, -0.2) is 0 Å². The molecule has 0 atom stereocenters. The molecule has 0 spiro atoms. The van der Waals surface area contributed by atoms with Gasteiger partial charge in [-0.15, -0.1) is 68.0 Å². The monoisotopic (exact) mass is 824 g/mol. The Morgan fingerprint density at radius 1 is 0.455 bits per heavy atom. The molecule has 0 fully saturated rings. The number of aromatic nitrogens is 2. The highest BCUT2D eigenvalue weighted by molar-refractivity contribution is 7.27. The lowest BCUT2D eigenvalue weighted by Crippen LogP contribution is -2.02. The number of nitrogens with zero attached hydrogens (tertiary/aromatic N) is 2. The van der Waals surface area contributed by atoms with Crippen molar-refractivity contribution in [2.45, 2.75) is 52.0 Å². The molecule has 8 aromatic heterocycles. The van der Waals surface area contributed by atoms with Crippen molar-refractivity contribution in [3.63, 3.8) is 0 Å². The summed E-state index contributed by atoms with van der Waals surface area (Å²) in [4.78, 5) is 13.4. The minimum atomic E-state index is 1.03. The van der Waals surface area contributed by atoms with Crippen LogP contribution in [0.15, 0.2) is 120 Å². The Morgan fingerprint density at radius 3 is 1.44 bits per heavy atom. The Kier molecular flexibility index (Phi) is 9.75. The van der Waals surface area contributed by atoms with Gasteiger partial charge in [0.25, 0.3) is 0 Å². The van der Waals surface area contributed by atoms with Crippen molar-refractivity contribution in [2.24, 2.45) is 7.05 Å². The number of rotatable bonds is 13. The van der Waals surface area contributed by atoms with Crippen molar-refractivity contribution in [1.82, 2.24) is 9.13 Å². The first-order valence-corrected chi connectivity index (χ1v) is 24.2. The topological polar surface area (TPSA) is 9.86 Å². The van der Waals surface area contributed by atoms with E-state index in [0.717, 1.165) is 6.54 Å². The van der Waals surface area contributed by atoms with E-state index >= 15 is 0 Å². The molecular weight excluding hydrogens is 785 g/mol. The second-order valence-electron chi connectivity index (χ2n) is 14.3. The van der Waals surface area contributed by atoms with Gasteiger partial charge in [0.05, 0.1) is 11.0 Å². The van der Waals surface area contributed by atoms with Crippen molar-refractivity contribution in [3.05, 3.63) is 120 Å². The van der Waals surface area contributed by atoms with Gasteiger partial charge in [-0.1, -0.05) is 75.4 Å². The minimum Gasteiger partial charge on any atom is -0.330 e. The zero-order chi connectivity index (χ0) is 36.9. The normalized spacial score (nSPS) is 12.0. The second kappa shape index (κ2) is 15.1. The van der Waals surface area contributed by atoms with Gasteiger partial charge in [-0.2, -0.15) is 0 Å². The predicted molar refractivity (Wildman–Crippen MR) is 249 cm³/mol. The molecule has 0 saturated carbocycles. The molecule has 8 heterocycles. The summed E-state index contributed by atoms with van der Waals surface area (Å²) in [5, 5.41) is 8.40. The van der Waals surface area contributed by atoms with Crippen LogP contribution in [0.4, 0.5) is 0 Å². The summed E-state index contributed by atoms with van der Waals surface area (Å²) in [7, 11) is 2.28. The standard InChI is InChI=1S/C47H40N2S6/c1-3-4-5-6-7-8-25-49-35-29-31(37-18-20-43(53-37)45-24-22-41(55-45)39-12-10-27-51-39)14-16-33(35)46-32-15-13-30(28-34(32)48(2)47(46)49)36-17-19-42(52-36)44-23-21-40(54-44)38-11-9-26-50-38/h9-24,26-29H,3-8,25H2,1-2H3. The summed E-state index contributed by atoms with van der Waals surface area (Å²) in [5.41, 5.74) is 6.59. The lowest BCUT2D eigenvalue weighted by Gasteiger charge is -2.11. The quantitative estimate of drug-likeness (QED) is 0.103. The Labute approximate surface area is 346 Å². The molecule has 0 aliphatic carbocycles. The van der Waals surface area contributed by atoms with E-state index in [2.05, 4.69) is 143 Å². The van der Waals surface area contributed by atoms with Gasteiger partial charge in [-0.05, 0) is 101 Å². The zero-order valence-corrected chi connectivity index (χ0v) is 35.7. The van der Waals surface area contributed by atoms with Crippen LogP contribution in [0.25, 0.3) is 92.7 Å². The third kappa shape index (κ3) is 6.61. The van der Waals surface area contributed by atoms with Gasteiger partial charge in [0.15, 0.2) is 0 Å². The van der Waals surface area contributed by atoms with E-state index in [1.54, 1.807) is 0 Å². The van der Waals surface area contributed by atoms with Crippen LogP contribution >= 0.6 is 68.0 Å². The third-order valence-corrected chi connectivity index (χ3v) is 17.7. The van der Waals surface area contributed by atoms with E-state index in [1.807, 2.05) is 68.0 Å². The largest absolute Gasteiger partial charge is 0.330 e. The summed E-state index contributed by atoms with van der Waals surface area (Å²) in [6, 6.07) is 41.4. The van der Waals surface area contributed by atoms with Crippen molar-refractivity contribution >= 4 is 101 Å². The van der Waals surface area contributed by atoms with Crippen LogP contribution in [0.3, 0.4) is 0 Å². The molecule has 0 aliphatic rings. The lowest BCUT2D eigenvalue weighted by atomic mass is 10.1. The highest BCUT2D eigenvalue weighted by Crippen LogP contribution is 2.45. The van der Waals surface area contributed by atoms with Gasteiger partial charge in [0.1, 0.15) is 5.65 Å². The molecule has 2 nitrogen and oxygen atoms in total. The van der Waals surface area contributed by atoms with E-state index < -0.39 is 0 Å². The van der Waals surface area contributed by atoms with Crippen LogP contribution in [-0.2, 0) is 13.6 Å². The average molecular weight is 825 g/mol. The number of hydrogen-bond acceptors (Lipinski definition) is 6. The molecule has 8 heteroatoms. The van der Waals surface area contributed by atoms with Gasteiger partial charge < -0.3 is 9.13 Å². The van der Waals surface area contributed by atoms with Crippen LogP contribution in [0.1, 0.15) is 45.4 Å². The third-order valence-electron chi connectivity index (χ3n) is 10.7. The minimum absolute atomic E-state index is 1.03. The summed E-state index contributed by atoms with van der Waals surface area (Å²) in [6.07, 6.45) is 7.75. The SMILES string of the molecule is CCCCCCCCn1c2cc(-c3ccc(-c4ccc(-c5cccs5)s4)s3)ccc2c2c3ccc(-c4ccc(-c5ccc(-c6cccs6)s5)s4)cc3n(C)c21. The molecule has 10 aromatic rings. The molecule has 0 amide bonds. The predicted octanol–water partition coefficient (Wildman–Crippen LogP) is 17.0. The van der Waals surface area contributed by atoms with Crippen molar-refractivity contribution in [3.8, 4) is 59.9 Å². The zero-order valence-electron chi connectivity index (χ0n) is 30.8. The van der Waals surface area contributed by atoms with Crippen LogP contribution in [0.2, 0.25) is 0 Å². The first-order chi connectivity index (χ1) is 27.1. The lowest BCUT2D eigenvalue weighted by molar-refractivity contribution is 0.568. The average Bonchev–Trinajstić information content (AvgIpc) is 4.06. The molecule has 55 heavy (non-hydrogen) atoms. The fourth-order valence-electron chi connectivity index (χ4n) is 7.96. The van der Waals surface area contributed by atoms with Crippen molar-refractivity contribution in [2.75, 3.05) is 0 Å². The van der Waals surface area contributed by atoms with Gasteiger partial charge in [0.2, 0.25) is 0 Å². The molecule has 0 unspecified atom stereocenters. The fourth-order valence-corrected chi connectivity index (χ4v) is 13.8. The molecule has 0 N–H and O–H groups in total. The first kappa shape index (κ1) is 35.4. The molecule has 274 valence electrons. The molecule has 0 aliphatic heterocycles. The van der Waals surface area contributed by atoms with E-state index in [-0.39, 0.29) is 0 Å². The molecule has 0 saturated heterocycles. The Bertz CT molecular complexity index is 2880. The van der Waals surface area contributed by atoms with Crippen LogP contribution in [-0.4, -0.2) is 9.13 Å². The maximum absolute atomic E-state index is 2.64. The van der Waals surface area contributed by atoms with Crippen LogP contribution in [0, 0.1) is 0 Å². The Hall–Kier alpha value is -4.02. The fraction of sp³-hybridized carbons (Fsp3) is 0.191. The summed E-state index contributed by atoms with van der Waals surface area (Å²) in [5.74, 6) is 0. The van der Waals surface area contributed by atoms with Crippen molar-refractivity contribution < 1.29 is 0 Å². The van der Waals surface area contributed by atoms with E-state index in [1.165, 1.54) is 131 Å². The smallest absolute Gasteiger partial charge is 0.122 e. The van der Waals surface area contributed by atoms with Crippen LogP contribution in [0.5, 0.6) is 0 Å². The van der Waals surface area contributed by atoms with Gasteiger partial charge >= 0.3 is 0 Å².